The van der Waals surface area contributed by atoms with Crippen molar-refractivity contribution < 1.29 is 0 Å². The highest BCUT2D eigenvalue weighted by molar-refractivity contribution is 7.11. The van der Waals surface area contributed by atoms with Crippen molar-refractivity contribution in [2.45, 2.75) is 52.5 Å². The molecule has 0 saturated carbocycles. The van der Waals surface area contributed by atoms with E-state index in [9.17, 15) is 0 Å². The van der Waals surface area contributed by atoms with Gasteiger partial charge in [0.05, 0.1) is 11.6 Å². The fraction of sp³-hybridized carbons (Fsp3) is 0.625. The molecule has 1 aliphatic carbocycles. The van der Waals surface area contributed by atoms with Crippen LogP contribution in [0.3, 0.4) is 0 Å². The highest BCUT2D eigenvalue weighted by Crippen LogP contribution is 2.19. The second kappa shape index (κ2) is 8.82. The molecule has 0 atom stereocenters. The van der Waals surface area contributed by atoms with Crippen molar-refractivity contribution in [3.8, 4) is 0 Å². The van der Waals surface area contributed by atoms with E-state index in [1.165, 1.54) is 30.6 Å². The number of aryl methyl sites for hydroxylation is 1. The van der Waals surface area contributed by atoms with Crippen molar-refractivity contribution in [2.75, 3.05) is 13.1 Å². The maximum Gasteiger partial charge on any atom is 0.191 e. The second-order valence-electron chi connectivity index (χ2n) is 5.33. The molecule has 0 spiro atoms. The van der Waals surface area contributed by atoms with Crippen molar-refractivity contribution >= 4 is 17.3 Å². The molecule has 1 aromatic heterocycles. The van der Waals surface area contributed by atoms with Gasteiger partial charge in [0.25, 0.3) is 0 Å². The standard InChI is InChI=1S/C16H26N4S/c1-3-17-16(20-12-15-11-19-13(2)21-15)18-10-9-14-7-5-4-6-8-14/h7,11H,3-6,8-10,12H2,1-2H3,(H2,17,18,20). The summed E-state index contributed by atoms with van der Waals surface area (Å²) in [7, 11) is 0. The van der Waals surface area contributed by atoms with Gasteiger partial charge in [0.15, 0.2) is 5.96 Å². The van der Waals surface area contributed by atoms with Gasteiger partial charge in [-0.1, -0.05) is 11.6 Å². The average Bonchev–Trinajstić information content (AvgIpc) is 2.91. The molecule has 0 aromatic carbocycles. The van der Waals surface area contributed by atoms with Gasteiger partial charge in [0, 0.05) is 24.2 Å². The fourth-order valence-corrected chi connectivity index (χ4v) is 3.17. The molecule has 1 aliphatic rings. The van der Waals surface area contributed by atoms with Gasteiger partial charge in [-0.05, 0) is 46.0 Å². The van der Waals surface area contributed by atoms with E-state index in [2.05, 4.69) is 33.6 Å². The van der Waals surface area contributed by atoms with E-state index in [4.69, 9.17) is 0 Å². The van der Waals surface area contributed by atoms with Gasteiger partial charge in [-0.3, -0.25) is 0 Å². The number of hydrogen-bond donors (Lipinski definition) is 2. The Balaban J connectivity index is 1.79. The number of allylic oxidation sites excluding steroid dienone is 1. The first-order valence-electron chi connectivity index (χ1n) is 7.89. The molecule has 2 N–H and O–H groups in total. The smallest absolute Gasteiger partial charge is 0.191 e. The third kappa shape index (κ3) is 5.87. The van der Waals surface area contributed by atoms with Gasteiger partial charge >= 0.3 is 0 Å². The third-order valence-electron chi connectivity index (χ3n) is 3.53. The molecule has 2 rings (SSSR count). The lowest BCUT2D eigenvalue weighted by molar-refractivity contribution is 0.665. The topological polar surface area (TPSA) is 49.3 Å². The Morgan fingerprint density at radius 1 is 1.38 bits per heavy atom. The van der Waals surface area contributed by atoms with Crippen LogP contribution in [0, 0.1) is 6.92 Å². The van der Waals surface area contributed by atoms with Crippen LogP contribution in [0.25, 0.3) is 0 Å². The first-order chi connectivity index (χ1) is 10.3. The van der Waals surface area contributed by atoms with Crippen LogP contribution in [0.2, 0.25) is 0 Å². The first kappa shape index (κ1) is 16.0. The first-order valence-corrected chi connectivity index (χ1v) is 8.71. The van der Waals surface area contributed by atoms with E-state index < -0.39 is 0 Å². The molecule has 116 valence electrons. The van der Waals surface area contributed by atoms with E-state index in [-0.39, 0.29) is 0 Å². The summed E-state index contributed by atoms with van der Waals surface area (Å²) in [6.07, 6.45) is 10.7. The zero-order valence-electron chi connectivity index (χ0n) is 13.1. The van der Waals surface area contributed by atoms with Crippen LogP contribution in [-0.2, 0) is 6.54 Å². The van der Waals surface area contributed by atoms with Gasteiger partial charge in [-0.2, -0.15) is 0 Å². The number of hydrogen-bond acceptors (Lipinski definition) is 3. The summed E-state index contributed by atoms with van der Waals surface area (Å²) in [5, 5.41) is 7.83. The molecule has 5 heteroatoms. The molecule has 21 heavy (non-hydrogen) atoms. The molecule has 0 bridgehead atoms. The summed E-state index contributed by atoms with van der Waals surface area (Å²) in [5.41, 5.74) is 1.60. The van der Waals surface area contributed by atoms with Crippen molar-refractivity contribution in [2.24, 2.45) is 4.99 Å². The molecule has 0 unspecified atom stereocenters. The Morgan fingerprint density at radius 2 is 2.29 bits per heavy atom. The van der Waals surface area contributed by atoms with Crippen LogP contribution >= 0.6 is 11.3 Å². The molecule has 0 radical (unpaired) electrons. The lowest BCUT2D eigenvalue weighted by atomic mass is 9.97. The number of guanidine groups is 1. The molecule has 1 heterocycles. The highest BCUT2D eigenvalue weighted by atomic mass is 32.1. The van der Waals surface area contributed by atoms with Gasteiger partial charge < -0.3 is 10.6 Å². The van der Waals surface area contributed by atoms with Crippen LogP contribution in [-0.4, -0.2) is 24.0 Å². The number of aliphatic imine (C=N–C) groups is 1. The maximum absolute atomic E-state index is 4.63. The van der Waals surface area contributed by atoms with Crippen LogP contribution in [0.1, 0.15) is 48.9 Å². The fourth-order valence-electron chi connectivity index (χ4n) is 2.45. The number of rotatable bonds is 6. The summed E-state index contributed by atoms with van der Waals surface area (Å²) in [6.45, 7) is 6.66. The van der Waals surface area contributed by atoms with Crippen molar-refractivity contribution in [1.82, 2.24) is 15.6 Å². The van der Waals surface area contributed by atoms with Gasteiger partial charge in [0.2, 0.25) is 0 Å². The minimum absolute atomic E-state index is 0.698. The Labute approximate surface area is 131 Å². The largest absolute Gasteiger partial charge is 0.357 e. The van der Waals surface area contributed by atoms with E-state index in [1.54, 1.807) is 16.9 Å². The minimum Gasteiger partial charge on any atom is -0.357 e. The van der Waals surface area contributed by atoms with Crippen LogP contribution in [0.5, 0.6) is 0 Å². The molecule has 0 aliphatic heterocycles. The van der Waals surface area contributed by atoms with Crippen LogP contribution in [0.4, 0.5) is 0 Å². The van der Waals surface area contributed by atoms with Crippen molar-refractivity contribution in [3.05, 3.63) is 27.7 Å². The SMILES string of the molecule is CCNC(=NCc1cnc(C)s1)NCCC1=CCCCC1. The molecule has 4 nitrogen and oxygen atoms in total. The predicted octanol–water partition coefficient (Wildman–Crippen LogP) is 3.40. The molecule has 1 aromatic rings. The third-order valence-corrected chi connectivity index (χ3v) is 4.43. The van der Waals surface area contributed by atoms with E-state index in [0.717, 1.165) is 30.5 Å². The number of aromatic nitrogens is 1. The van der Waals surface area contributed by atoms with E-state index >= 15 is 0 Å². The van der Waals surface area contributed by atoms with Gasteiger partial charge in [-0.15, -0.1) is 11.3 Å². The lowest BCUT2D eigenvalue weighted by Crippen LogP contribution is -2.37. The van der Waals surface area contributed by atoms with Crippen molar-refractivity contribution in [1.29, 1.82) is 0 Å². The lowest BCUT2D eigenvalue weighted by Gasteiger charge is -2.15. The Morgan fingerprint density at radius 3 is 2.95 bits per heavy atom. The van der Waals surface area contributed by atoms with E-state index in [1.807, 2.05) is 13.1 Å². The molecular weight excluding hydrogens is 280 g/mol. The van der Waals surface area contributed by atoms with Gasteiger partial charge in [0.1, 0.15) is 0 Å². The highest BCUT2D eigenvalue weighted by Gasteiger charge is 2.04. The summed E-state index contributed by atoms with van der Waals surface area (Å²) < 4.78 is 0. The molecule has 0 fully saturated rings. The molecule has 0 saturated heterocycles. The zero-order valence-corrected chi connectivity index (χ0v) is 13.9. The predicted molar refractivity (Wildman–Crippen MR) is 90.8 cm³/mol. The maximum atomic E-state index is 4.63. The van der Waals surface area contributed by atoms with Crippen LogP contribution < -0.4 is 10.6 Å². The van der Waals surface area contributed by atoms with E-state index in [0.29, 0.717) is 6.54 Å². The second-order valence-corrected chi connectivity index (χ2v) is 6.65. The normalized spacial score (nSPS) is 15.7. The Hall–Kier alpha value is -1.36. The summed E-state index contributed by atoms with van der Waals surface area (Å²) in [6, 6.07) is 0. The average molecular weight is 306 g/mol. The van der Waals surface area contributed by atoms with Gasteiger partial charge in [-0.25, -0.2) is 9.98 Å². The summed E-state index contributed by atoms with van der Waals surface area (Å²) in [4.78, 5) is 10.1. The quantitative estimate of drug-likeness (QED) is 0.481. The van der Waals surface area contributed by atoms with Crippen molar-refractivity contribution in [3.63, 3.8) is 0 Å². The number of nitrogens with one attached hydrogen (secondary N) is 2. The minimum atomic E-state index is 0.698. The Bertz CT molecular complexity index is 490. The molecular formula is C16H26N4S. The number of thiazole rings is 1. The Kier molecular flexibility index (Phi) is 6.73. The summed E-state index contributed by atoms with van der Waals surface area (Å²) in [5.74, 6) is 0.903. The summed E-state index contributed by atoms with van der Waals surface area (Å²) >= 11 is 1.71. The monoisotopic (exact) mass is 306 g/mol. The van der Waals surface area contributed by atoms with Crippen LogP contribution in [0.15, 0.2) is 22.8 Å². The molecule has 0 amide bonds. The number of nitrogens with zero attached hydrogens (tertiary/aromatic N) is 2. The zero-order chi connectivity index (χ0) is 14.9.